The highest BCUT2D eigenvalue weighted by Crippen LogP contribution is 2.19. The van der Waals surface area contributed by atoms with Crippen molar-refractivity contribution in [2.24, 2.45) is 0 Å². The van der Waals surface area contributed by atoms with E-state index in [1.807, 2.05) is 18.2 Å². The van der Waals surface area contributed by atoms with Gasteiger partial charge >= 0.3 is 0 Å². The van der Waals surface area contributed by atoms with Gasteiger partial charge < -0.3 is 14.8 Å². The minimum atomic E-state index is 0.652. The average Bonchev–Trinajstić information content (AvgIpc) is 2.46. The topological polar surface area (TPSA) is 43.4 Å². The maximum atomic E-state index is 5.43. The summed E-state index contributed by atoms with van der Waals surface area (Å²) >= 11 is 0. The molecule has 0 aliphatic carbocycles. The molecule has 0 fully saturated rings. The highest BCUT2D eigenvalue weighted by molar-refractivity contribution is 5.81. The second-order valence-corrected chi connectivity index (χ2v) is 4.73. The number of benzene rings is 1. The molecule has 1 aromatic heterocycles. The van der Waals surface area contributed by atoms with Crippen molar-refractivity contribution in [2.75, 3.05) is 38.8 Å². The first-order valence-electron chi connectivity index (χ1n) is 6.98. The number of hydrogen-bond acceptors (Lipinski definition) is 4. The molecule has 0 aliphatic heterocycles. The van der Waals surface area contributed by atoms with Crippen LogP contribution in [0.3, 0.4) is 0 Å². The maximum Gasteiger partial charge on any atom is 0.129 e. The number of aromatic nitrogens is 1. The Morgan fingerprint density at radius 2 is 2.00 bits per heavy atom. The second kappa shape index (κ2) is 7.82. The number of hydrogen-bond donors (Lipinski definition) is 1. The molecule has 0 radical (unpaired) electrons. The minimum Gasteiger partial charge on any atom is -0.382 e. The lowest BCUT2D eigenvalue weighted by molar-refractivity contribution is 0.0705. The van der Waals surface area contributed by atoms with Crippen molar-refractivity contribution in [3.8, 4) is 0 Å². The number of pyridine rings is 1. The Balaban J connectivity index is 1.82. The predicted octanol–water partition coefficient (Wildman–Crippen LogP) is 3.01. The molecule has 2 rings (SSSR count). The van der Waals surface area contributed by atoms with E-state index in [9.17, 15) is 0 Å². The predicted molar refractivity (Wildman–Crippen MR) is 82.3 cm³/mol. The molecule has 4 nitrogen and oxygen atoms in total. The normalized spacial score (nSPS) is 10.9. The van der Waals surface area contributed by atoms with Crippen molar-refractivity contribution in [2.45, 2.75) is 13.3 Å². The first kappa shape index (κ1) is 14.8. The highest BCUT2D eigenvalue weighted by Gasteiger charge is 2.02. The van der Waals surface area contributed by atoms with Crippen LogP contribution in [0.5, 0.6) is 0 Å². The number of methoxy groups -OCH3 is 1. The number of nitrogens with one attached hydrogen (secondary N) is 1. The minimum absolute atomic E-state index is 0.652. The van der Waals surface area contributed by atoms with Crippen LogP contribution in [-0.2, 0) is 9.47 Å². The van der Waals surface area contributed by atoms with E-state index in [1.54, 1.807) is 7.11 Å². The molecule has 2 aromatic rings. The third-order valence-corrected chi connectivity index (χ3v) is 3.10. The Hall–Kier alpha value is -1.65. The lowest BCUT2D eigenvalue weighted by Gasteiger charge is -2.10. The van der Waals surface area contributed by atoms with Crippen LogP contribution in [-0.4, -0.2) is 38.5 Å². The zero-order chi connectivity index (χ0) is 14.2. The molecule has 108 valence electrons. The Labute approximate surface area is 120 Å². The third-order valence-electron chi connectivity index (χ3n) is 3.10. The van der Waals surface area contributed by atoms with Crippen LogP contribution >= 0.6 is 0 Å². The summed E-state index contributed by atoms with van der Waals surface area (Å²) in [6, 6.07) is 10.3. The molecule has 0 unspecified atom stereocenters. The summed E-state index contributed by atoms with van der Waals surface area (Å²) < 4.78 is 10.4. The third kappa shape index (κ3) is 4.18. The Morgan fingerprint density at radius 3 is 2.85 bits per heavy atom. The summed E-state index contributed by atoms with van der Waals surface area (Å²) in [7, 11) is 1.68. The monoisotopic (exact) mass is 274 g/mol. The van der Waals surface area contributed by atoms with Gasteiger partial charge in [0.05, 0.1) is 18.7 Å². The van der Waals surface area contributed by atoms with E-state index >= 15 is 0 Å². The first-order chi connectivity index (χ1) is 9.81. The number of ether oxygens (including phenoxy) is 2. The van der Waals surface area contributed by atoms with Crippen LogP contribution < -0.4 is 5.32 Å². The lowest BCUT2D eigenvalue weighted by atomic mass is 10.1. The lowest BCUT2D eigenvalue weighted by Crippen LogP contribution is -2.09. The van der Waals surface area contributed by atoms with Gasteiger partial charge in [0, 0.05) is 25.6 Å². The van der Waals surface area contributed by atoms with Crippen molar-refractivity contribution in [3.05, 3.63) is 35.9 Å². The van der Waals surface area contributed by atoms with Gasteiger partial charge in [0.15, 0.2) is 0 Å². The smallest absolute Gasteiger partial charge is 0.129 e. The summed E-state index contributed by atoms with van der Waals surface area (Å²) in [6.45, 7) is 4.99. The van der Waals surface area contributed by atoms with Gasteiger partial charge in [-0.15, -0.1) is 0 Å². The van der Waals surface area contributed by atoms with E-state index in [-0.39, 0.29) is 0 Å². The van der Waals surface area contributed by atoms with Crippen molar-refractivity contribution in [1.82, 2.24) is 4.98 Å². The molecule has 1 N–H and O–H groups in total. The van der Waals surface area contributed by atoms with E-state index < -0.39 is 0 Å². The fraction of sp³-hybridized carbons (Fsp3) is 0.438. The largest absolute Gasteiger partial charge is 0.382 e. The standard InChI is InChI=1S/C16H22N2O2/c1-13-12-14-6-3-4-7-15(14)18-16(13)17-8-5-9-20-11-10-19-2/h3-4,6-7,12H,5,8-11H2,1-2H3,(H,17,18). The maximum absolute atomic E-state index is 5.43. The molecule has 0 bridgehead atoms. The van der Waals surface area contributed by atoms with Gasteiger partial charge in [0.1, 0.15) is 5.82 Å². The first-order valence-corrected chi connectivity index (χ1v) is 6.98. The molecule has 1 heterocycles. The molecule has 0 saturated carbocycles. The summed E-state index contributed by atoms with van der Waals surface area (Å²) in [5, 5.41) is 4.55. The highest BCUT2D eigenvalue weighted by atomic mass is 16.5. The van der Waals surface area contributed by atoms with Gasteiger partial charge in [-0.3, -0.25) is 0 Å². The van der Waals surface area contributed by atoms with Gasteiger partial charge in [0.2, 0.25) is 0 Å². The number of anilines is 1. The van der Waals surface area contributed by atoms with Gasteiger partial charge in [0.25, 0.3) is 0 Å². The van der Waals surface area contributed by atoms with Crippen molar-refractivity contribution in [1.29, 1.82) is 0 Å². The van der Waals surface area contributed by atoms with E-state index in [0.717, 1.165) is 30.9 Å². The molecule has 20 heavy (non-hydrogen) atoms. The quantitative estimate of drug-likeness (QED) is 0.751. The molecular formula is C16H22N2O2. The Morgan fingerprint density at radius 1 is 1.15 bits per heavy atom. The van der Waals surface area contributed by atoms with Crippen molar-refractivity contribution < 1.29 is 9.47 Å². The van der Waals surface area contributed by atoms with Gasteiger partial charge in [-0.25, -0.2) is 4.98 Å². The number of aryl methyl sites for hydroxylation is 1. The number of para-hydroxylation sites is 1. The van der Waals surface area contributed by atoms with E-state index in [4.69, 9.17) is 9.47 Å². The van der Waals surface area contributed by atoms with Crippen molar-refractivity contribution >= 4 is 16.7 Å². The molecule has 0 saturated heterocycles. The fourth-order valence-electron chi connectivity index (χ4n) is 2.03. The van der Waals surface area contributed by atoms with E-state index in [0.29, 0.717) is 13.2 Å². The van der Waals surface area contributed by atoms with Crippen LogP contribution in [0.1, 0.15) is 12.0 Å². The van der Waals surface area contributed by atoms with Crippen LogP contribution in [0.25, 0.3) is 10.9 Å². The molecule has 0 atom stereocenters. The SMILES string of the molecule is COCCOCCCNc1nc2ccccc2cc1C. The summed E-state index contributed by atoms with van der Waals surface area (Å²) in [5.74, 6) is 0.959. The fourth-order valence-corrected chi connectivity index (χ4v) is 2.03. The van der Waals surface area contributed by atoms with Gasteiger partial charge in [-0.05, 0) is 31.0 Å². The van der Waals surface area contributed by atoms with Crippen LogP contribution in [0, 0.1) is 6.92 Å². The molecule has 4 heteroatoms. The number of nitrogens with zero attached hydrogens (tertiary/aromatic N) is 1. The average molecular weight is 274 g/mol. The summed E-state index contributed by atoms with van der Waals surface area (Å²) in [6.07, 6.45) is 0.956. The van der Waals surface area contributed by atoms with E-state index in [1.165, 1.54) is 10.9 Å². The van der Waals surface area contributed by atoms with Crippen LogP contribution in [0.2, 0.25) is 0 Å². The van der Waals surface area contributed by atoms with Crippen molar-refractivity contribution in [3.63, 3.8) is 0 Å². The zero-order valence-electron chi connectivity index (χ0n) is 12.2. The Bertz CT molecular complexity index is 543. The van der Waals surface area contributed by atoms with Gasteiger partial charge in [-0.1, -0.05) is 18.2 Å². The van der Waals surface area contributed by atoms with Crippen LogP contribution in [0.4, 0.5) is 5.82 Å². The van der Waals surface area contributed by atoms with Gasteiger partial charge in [-0.2, -0.15) is 0 Å². The molecule has 0 spiro atoms. The summed E-state index contributed by atoms with van der Waals surface area (Å²) in [4.78, 5) is 4.65. The zero-order valence-corrected chi connectivity index (χ0v) is 12.2. The molecule has 0 aliphatic rings. The second-order valence-electron chi connectivity index (χ2n) is 4.73. The Kier molecular flexibility index (Phi) is 5.77. The molecular weight excluding hydrogens is 252 g/mol. The molecule has 0 amide bonds. The van der Waals surface area contributed by atoms with Crippen LogP contribution in [0.15, 0.2) is 30.3 Å². The number of rotatable bonds is 8. The number of fused-ring (bicyclic) bond motifs is 1. The van der Waals surface area contributed by atoms with E-state index in [2.05, 4.69) is 29.4 Å². The summed E-state index contributed by atoms with van der Waals surface area (Å²) in [5.41, 5.74) is 2.20. The molecule has 1 aromatic carbocycles.